The molecule has 0 saturated heterocycles. The van der Waals surface area contributed by atoms with Crippen molar-refractivity contribution in [3.05, 3.63) is 316 Å². The van der Waals surface area contributed by atoms with E-state index in [9.17, 15) is 0 Å². The first-order valence-electron chi connectivity index (χ1n) is 29.9. The fraction of sp³-hybridized carbons (Fsp3) is 0. The number of nitrogens with zero attached hydrogens (tertiary/aromatic N) is 4. The van der Waals surface area contributed by atoms with Crippen molar-refractivity contribution in [3.63, 3.8) is 0 Å². The Morgan fingerprint density at radius 1 is 0.195 bits per heavy atom. The predicted octanol–water partition coefficient (Wildman–Crippen LogP) is 18.7. The van der Waals surface area contributed by atoms with Crippen LogP contribution < -0.4 is 30.5 Å². The Labute approximate surface area is 506 Å². The molecule has 4 aliphatic rings. The van der Waals surface area contributed by atoms with Gasteiger partial charge in [-0.2, -0.15) is 0 Å². The predicted molar refractivity (Wildman–Crippen MR) is 364 cm³/mol. The van der Waals surface area contributed by atoms with E-state index in [1.807, 2.05) is 24.8 Å². The molecule has 5 heteroatoms. The molecule has 87 heavy (non-hydrogen) atoms. The molecule has 0 N–H and O–H groups in total. The zero-order valence-electron chi connectivity index (χ0n) is 47.3. The Morgan fingerprint density at radius 2 is 0.425 bits per heavy atom. The van der Waals surface area contributed by atoms with Gasteiger partial charge in [-0.1, -0.05) is 218 Å². The van der Waals surface area contributed by atoms with Crippen LogP contribution in [0.1, 0.15) is 0 Å². The lowest BCUT2D eigenvalue weighted by atomic mass is 9.89. The van der Waals surface area contributed by atoms with E-state index in [-0.39, 0.29) is 0 Å². The molecular weight excluding hydrogens is 1070 g/mol. The summed E-state index contributed by atoms with van der Waals surface area (Å²) in [5.74, 6) is 0. The Balaban J connectivity index is 0.868. The molecule has 4 aliphatic heterocycles. The van der Waals surface area contributed by atoms with Crippen LogP contribution >= 0.6 is 0 Å². The van der Waals surface area contributed by atoms with Crippen LogP contribution in [-0.4, -0.2) is 18.0 Å². The van der Waals surface area contributed by atoms with Crippen molar-refractivity contribution >= 4 is 62.9 Å². The molecule has 6 heterocycles. The van der Waals surface area contributed by atoms with Crippen molar-refractivity contribution in [2.75, 3.05) is 9.80 Å². The summed E-state index contributed by atoms with van der Waals surface area (Å²) < 4.78 is 0. The lowest BCUT2D eigenvalue weighted by Crippen LogP contribution is -2.70. The highest BCUT2D eigenvalue weighted by molar-refractivity contribution is 7.24. The number of fused-ring (bicyclic) bond motifs is 20. The summed E-state index contributed by atoms with van der Waals surface area (Å²) in [4.78, 5) is 13.9. The number of para-hydroxylation sites is 4. The third-order valence-electron chi connectivity index (χ3n) is 18.8. The summed E-state index contributed by atoms with van der Waals surface area (Å²) in [6.07, 6.45) is 7.70. The smallest absolute Gasteiger partial charge is 0.182 e. The van der Waals surface area contributed by atoms with E-state index in [4.69, 9.17) is 0 Å². The van der Waals surface area contributed by atoms with E-state index in [1.54, 1.807) is 0 Å². The van der Waals surface area contributed by atoms with E-state index in [2.05, 4.69) is 311 Å². The van der Waals surface area contributed by atoms with Gasteiger partial charge in [0.05, 0.1) is 22.7 Å². The molecule has 14 aromatic rings. The molecule has 0 fully saturated rings. The summed E-state index contributed by atoms with van der Waals surface area (Å²) in [5.41, 5.74) is 31.4. The maximum Gasteiger partial charge on any atom is 0.182 e. The largest absolute Gasteiger partial charge is 0.309 e. The fourth-order valence-corrected chi connectivity index (χ4v) is 21.0. The minimum absolute atomic E-state index is 1.11. The monoisotopic (exact) mass is 1120 g/mol. The van der Waals surface area contributed by atoms with Crippen molar-refractivity contribution in [2.24, 2.45) is 0 Å². The van der Waals surface area contributed by atoms with Crippen molar-refractivity contribution in [2.45, 2.75) is 0 Å². The van der Waals surface area contributed by atoms with Gasteiger partial charge in [0.15, 0.2) is 8.07 Å². The van der Waals surface area contributed by atoms with Crippen LogP contribution in [0.2, 0.25) is 0 Å². The first-order chi connectivity index (χ1) is 43.2. The molecule has 0 saturated carbocycles. The Bertz CT molecular complexity index is 4660. The van der Waals surface area contributed by atoms with E-state index >= 15 is 0 Å². The molecule has 0 unspecified atom stereocenters. The van der Waals surface area contributed by atoms with Crippen molar-refractivity contribution in [1.29, 1.82) is 0 Å². The number of hydrogen-bond donors (Lipinski definition) is 0. The Kier molecular flexibility index (Phi) is 11.0. The van der Waals surface area contributed by atoms with E-state index < -0.39 is 8.07 Å². The average molecular weight is 1120 g/mol. The lowest BCUT2D eigenvalue weighted by molar-refractivity contribution is 1.29. The van der Waals surface area contributed by atoms with E-state index in [0.29, 0.717) is 0 Å². The van der Waals surface area contributed by atoms with Crippen molar-refractivity contribution < 1.29 is 0 Å². The molecule has 404 valence electrons. The Hall–Kier alpha value is -11.2. The second-order valence-electron chi connectivity index (χ2n) is 23.1. The standard InChI is InChI=1S/C82H52N4Si/c1-2-18-64-63(17-1)67-21-5-9-29-71(67)85(72-30-10-6-22-68(64)72)57-41-37-53(38-42-57)59-25-13-33-75-79(59)80-60(54-39-43-58(44-40-54)86-73-31-11-7-23-69(73)65-19-3-4-20-66(65)70-24-8-12-32-74(70)86)26-14-34-76(80)87(75)77-35-15-27-61(55-45-49-83-50-46-55)81(77)82-62(28-16-36-78(82)87)56-47-51-84-52-48-56/h1-52H. The van der Waals surface area contributed by atoms with Gasteiger partial charge in [0.1, 0.15) is 0 Å². The summed E-state index contributed by atoms with van der Waals surface area (Å²) >= 11 is 0. The normalized spacial score (nSPS) is 13.1. The van der Waals surface area contributed by atoms with Gasteiger partial charge in [-0.15, -0.1) is 0 Å². The van der Waals surface area contributed by atoms with Gasteiger partial charge in [-0.3, -0.25) is 9.97 Å². The topological polar surface area (TPSA) is 32.3 Å². The summed E-state index contributed by atoms with van der Waals surface area (Å²) in [5, 5.41) is 5.64. The third kappa shape index (κ3) is 7.18. The van der Waals surface area contributed by atoms with Crippen molar-refractivity contribution in [1.82, 2.24) is 9.97 Å². The molecule has 0 atom stereocenters. The Morgan fingerprint density at radius 3 is 0.701 bits per heavy atom. The number of aromatic nitrogens is 2. The first kappa shape index (κ1) is 49.2. The summed E-state index contributed by atoms with van der Waals surface area (Å²) in [6.45, 7) is 0. The van der Waals surface area contributed by atoms with Crippen LogP contribution in [0.15, 0.2) is 316 Å². The van der Waals surface area contributed by atoms with Gasteiger partial charge in [0.25, 0.3) is 0 Å². The van der Waals surface area contributed by atoms with Crippen LogP contribution in [-0.2, 0) is 0 Å². The molecule has 0 radical (unpaired) electrons. The number of rotatable bonds is 6. The molecular formula is C82H52N4Si. The number of hydrogen-bond acceptors (Lipinski definition) is 4. The van der Waals surface area contributed by atoms with Gasteiger partial charge in [-0.05, 0) is 183 Å². The number of anilines is 6. The van der Waals surface area contributed by atoms with Gasteiger partial charge < -0.3 is 9.80 Å². The van der Waals surface area contributed by atoms with Gasteiger partial charge in [0.2, 0.25) is 0 Å². The molecule has 2 aromatic heterocycles. The molecule has 18 rings (SSSR count). The van der Waals surface area contributed by atoms with Gasteiger partial charge in [-0.25, -0.2) is 0 Å². The minimum atomic E-state index is -3.16. The summed E-state index contributed by atoms with van der Waals surface area (Å²) in [7, 11) is -3.16. The lowest BCUT2D eigenvalue weighted by Gasteiger charge is -2.28. The zero-order chi connectivity index (χ0) is 57.2. The highest BCUT2D eigenvalue weighted by Gasteiger charge is 2.56. The second kappa shape index (κ2) is 19.4. The maximum absolute atomic E-state index is 4.51. The minimum Gasteiger partial charge on any atom is -0.309 e. The second-order valence-corrected chi connectivity index (χ2v) is 26.7. The van der Waals surface area contributed by atoms with Crippen LogP contribution in [0.3, 0.4) is 0 Å². The first-order valence-corrected chi connectivity index (χ1v) is 31.9. The maximum atomic E-state index is 4.51. The van der Waals surface area contributed by atoms with Crippen LogP contribution in [0.25, 0.3) is 111 Å². The van der Waals surface area contributed by atoms with E-state index in [0.717, 1.165) is 45.3 Å². The van der Waals surface area contributed by atoms with Gasteiger partial charge in [0, 0.05) is 58.4 Å². The molecule has 1 spiro atoms. The molecule has 12 aromatic carbocycles. The molecule has 0 bridgehead atoms. The highest BCUT2D eigenvalue weighted by Crippen LogP contribution is 2.54. The van der Waals surface area contributed by atoms with Crippen LogP contribution in [0.4, 0.5) is 34.1 Å². The molecule has 4 nitrogen and oxygen atoms in total. The van der Waals surface area contributed by atoms with Crippen molar-refractivity contribution in [3.8, 4) is 111 Å². The van der Waals surface area contributed by atoms with E-state index in [1.165, 1.54) is 121 Å². The molecule has 0 amide bonds. The van der Waals surface area contributed by atoms with Gasteiger partial charge >= 0.3 is 0 Å². The summed E-state index contributed by atoms with van der Waals surface area (Å²) in [6, 6.07) is 109. The number of benzene rings is 12. The zero-order valence-corrected chi connectivity index (χ0v) is 48.3. The highest BCUT2D eigenvalue weighted by atomic mass is 28.3. The number of pyridine rings is 2. The third-order valence-corrected chi connectivity index (χ3v) is 23.7. The van der Waals surface area contributed by atoms with Crippen LogP contribution in [0, 0.1) is 0 Å². The molecule has 0 aliphatic carbocycles. The van der Waals surface area contributed by atoms with Crippen LogP contribution in [0.5, 0.6) is 0 Å². The quantitative estimate of drug-likeness (QED) is 0.155. The fourth-order valence-electron chi connectivity index (χ4n) is 15.3. The average Bonchev–Trinajstić information content (AvgIpc) is 1.52. The SMILES string of the molecule is c1ccc2c(c1)-c1ccccc1N(c1ccc(-c3cccc4c3-c3c(-c5ccc(N6c7ccccc7-c7ccccc7-c7ccccc76)cc5)cccc3[Si]43c4cccc(-c5ccncc5)c4-c4c(-c5ccncc5)cccc43)cc1)c1ccccc1-2.